The molecule has 2 aromatic carbocycles. The summed E-state index contributed by atoms with van der Waals surface area (Å²) in [6.45, 7) is 3.18. The zero-order valence-electron chi connectivity index (χ0n) is 13.2. The third-order valence-electron chi connectivity index (χ3n) is 3.17. The van der Waals surface area contributed by atoms with E-state index in [2.05, 4.69) is 16.0 Å². The molecule has 0 aliphatic carbocycles. The van der Waals surface area contributed by atoms with Gasteiger partial charge in [-0.25, -0.2) is 0 Å². The van der Waals surface area contributed by atoms with Crippen LogP contribution in [0.2, 0.25) is 10.0 Å². The molecule has 0 fully saturated rings. The van der Waals surface area contributed by atoms with Crippen molar-refractivity contribution in [3.05, 3.63) is 52.5 Å². The average Bonchev–Trinajstić information content (AvgIpc) is 2.52. The maximum absolute atomic E-state index is 12.3. The Balaban J connectivity index is 1.98. The van der Waals surface area contributed by atoms with E-state index in [1.165, 1.54) is 6.92 Å². The lowest BCUT2D eigenvalue weighted by Crippen LogP contribution is -2.31. The van der Waals surface area contributed by atoms with E-state index in [4.69, 9.17) is 23.2 Å². The number of carbonyl (C=O) groups excluding carboxylic acids is 2. The van der Waals surface area contributed by atoms with E-state index in [0.717, 1.165) is 5.69 Å². The lowest BCUT2D eigenvalue weighted by atomic mass is 10.2. The van der Waals surface area contributed by atoms with E-state index in [1.54, 1.807) is 49.4 Å². The third kappa shape index (κ3) is 5.15. The summed E-state index contributed by atoms with van der Waals surface area (Å²) >= 11 is 11.9. The minimum absolute atomic E-state index is 0.137. The van der Waals surface area contributed by atoms with Crippen molar-refractivity contribution in [2.45, 2.75) is 19.9 Å². The summed E-state index contributed by atoms with van der Waals surface area (Å²) < 4.78 is 0. The predicted molar refractivity (Wildman–Crippen MR) is 98.9 cm³/mol. The standard InChI is InChI=1S/C17H17Cl2N3O2/c1-10(17(24)22-16-9-12(18)3-8-15(16)19)20-13-4-6-14(7-5-13)21-11(2)23/h3-10,20H,1-2H3,(H,21,23)(H,22,24)/t10-/m1/s1. The fourth-order valence-corrected chi connectivity index (χ4v) is 2.34. The van der Waals surface area contributed by atoms with Gasteiger partial charge in [-0.15, -0.1) is 0 Å². The molecule has 0 unspecified atom stereocenters. The van der Waals surface area contributed by atoms with Crippen LogP contribution in [0.25, 0.3) is 0 Å². The number of benzene rings is 2. The second kappa shape index (κ2) is 8.04. The number of carbonyl (C=O) groups is 2. The maximum atomic E-state index is 12.3. The van der Waals surface area contributed by atoms with Gasteiger partial charge in [0, 0.05) is 23.3 Å². The first kappa shape index (κ1) is 18.1. The minimum Gasteiger partial charge on any atom is -0.374 e. The summed E-state index contributed by atoms with van der Waals surface area (Å²) in [6, 6.07) is 11.4. The number of hydrogen-bond donors (Lipinski definition) is 3. The Morgan fingerprint density at radius 1 is 0.958 bits per heavy atom. The average molecular weight is 366 g/mol. The lowest BCUT2D eigenvalue weighted by Gasteiger charge is -2.16. The highest BCUT2D eigenvalue weighted by molar-refractivity contribution is 6.35. The van der Waals surface area contributed by atoms with E-state index in [0.29, 0.717) is 21.4 Å². The largest absolute Gasteiger partial charge is 0.374 e. The van der Waals surface area contributed by atoms with Gasteiger partial charge in [0.15, 0.2) is 0 Å². The second-order valence-corrected chi connectivity index (χ2v) is 6.08. The SMILES string of the molecule is CC(=O)Nc1ccc(N[C@H](C)C(=O)Nc2cc(Cl)ccc2Cl)cc1. The molecule has 0 saturated heterocycles. The van der Waals surface area contributed by atoms with Crippen LogP contribution in [-0.2, 0) is 9.59 Å². The first-order valence-electron chi connectivity index (χ1n) is 7.25. The van der Waals surface area contributed by atoms with E-state index >= 15 is 0 Å². The van der Waals surface area contributed by atoms with Crippen LogP contribution in [0.3, 0.4) is 0 Å². The Bertz CT molecular complexity index is 748. The topological polar surface area (TPSA) is 70.2 Å². The number of hydrogen-bond acceptors (Lipinski definition) is 3. The predicted octanol–water partition coefficient (Wildman–Crippen LogP) is 4.39. The molecule has 0 aromatic heterocycles. The van der Waals surface area contributed by atoms with Gasteiger partial charge in [0.2, 0.25) is 11.8 Å². The molecule has 1 atom stereocenters. The monoisotopic (exact) mass is 365 g/mol. The van der Waals surface area contributed by atoms with Gasteiger partial charge in [0.05, 0.1) is 10.7 Å². The molecule has 0 saturated carbocycles. The Hall–Kier alpha value is -2.24. The summed E-state index contributed by atoms with van der Waals surface area (Å²) in [4.78, 5) is 23.3. The Morgan fingerprint density at radius 3 is 2.21 bits per heavy atom. The molecular formula is C17H17Cl2N3O2. The van der Waals surface area contributed by atoms with Gasteiger partial charge in [0.1, 0.15) is 6.04 Å². The van der Waals surface area contributed by atoms with Crippen molar-refractivity contribution in [1.29, 1.82) is 0 Å². The van der Waals surface area contributed by atoms with Crippen molar-refractivity contribution in [2.75, 3.05) is 16.0 Å². The molecule has 2 amide bonds. The Kier molecular flexibility index (Phi) is 6.06. The van der Waals surface area contributed by atoms with Gasteiger partial charge in [0.25, 0.3) is 0 Å². The van der Waals surface area contributed by atoms with Crippen LogP contribution in [0.5, 0.6) is 0 Å². The van der Waals surface area contributed by atoms with Gasteiger partial charge in [-0.05, 0) is 49.4 Å². The van der Waals surface area contributed by atoms with Gasteiger partial charge in [-0.2, -0.15) is 0 Å². The maximum Gasteiger partial charge on any atom is 0.246 e. The van der Waals surface area contributed by atoms with Gasteiger partial charge in [-0.1, -0.05) is 23.2 Å². The zero-order valence-corrected chi connectivity index (χ0v) is 14.7. The van der Waals surface area contributed by atoms with E-state index < -0.39 is 6.04 Å². The number of amides is 2. The highest BCUT2D eigenvalue weighted by atomic mass is 35.5. The highest BCUT2D eigenvalue weighted by Gasteiger charge is 2.14. The molecule has 5 nitrogen and oxygen atoms in total. The number of anilines is 3. The van der Waals surface area contributed by atoms with E-state index in [9.17, 15) is 9.59 Å². The molecule has 0 bridgehead atoms. The first-order valence-corrected chi connectivity index (χ1v) is 8.01. The lowest BCUT2D eigenvalue weighted by molar-refractivity contribution is -0.116. The van der Waals surface area contributed by atoms with Crippen LogP contribution in [0.15, 0.2) is 42.5 Å². The molecule has 0 radical (unpaired) electrons. The molecule has 0 heterocycles. The third-order valence-corrected chi connectivity index (χ3v) is 3.73. The summed E-state index contributed by atoms with van der Waals surface area (Å²) in [5, 5.41) is 9.39. The Labute approximate surface area is 150 Å². The molecule has 126 valence electrons. The van der Waals surface area contributed by atoms with Gasteiger partial charge in [-0.3, -0.25) is 9.59 Å². The van der Waals surface area contributed by atoms with Crippen LogP contribution < -0.4 is 16.0 Å². The van der Waals surface area contributed by atoms with E-state index in [-0.39, 0.29) is 11.8 Å². The van der Waals surface area contributed by atoms with Crippen molar-refractivity contribution in [3.63, 3.8) is 0 Å². The quantitative estimate of drug-likeness (QED) is 0.735. The van der Waals surface area contributed by atoms with Crippen molar-refractivity contribution in [1.82, 2.24) is 0 Å². The van der Waals surface area contributed by atoms with Crippen LogP contribution in [-0.4, -0.2) is 17.9 Å². The van der Waals surface area contributed by atoms with Crippen molar-refractivity contribution in [2.24, 2.45) is 0 Å². The van der Waals surface area contributed by atoms with Crippen LogP contribution >= 0.6 is 23.2 Å². The molecule has 0 aliphatic heterocycles. The summed E-state index contributed by atoms with van der Waals surface area (Å²) in [5.41, 5.74) is 1.91. The molecule has 24 heavy (non-hydrogen) atoms. The first-order chi connectivity index (χ1) is 11.3. The molecule has 3 N–H and O–H groups in total. The van der Waals surface area contributed by atoms with Gasteiger partial charge >= 0.3 is 0 Å². The fourth-order valence-electron chi connectivity index (χ4n) is 2.00. The van der Waals surface area contributed by atoms with Gasteiger partial charge < -0.3 is 16.0 Å². The van der Waals surface area contributed by atoms with Crippen molar-refractivity contribution in [3.8, 4) is 0 Å². The second-order valence-electron chi connectivity index (χ2n) is 5.24. The minimum atomic E-state index is -0.494. The molecular weight excluding hydrogens is 349 g/mol. The smallest absolute Gasteiger partial charge is 0.246 e. The van der Waals surface area contributed by atoms with Crippen LogP contribution in [0, 0.1) is 0 Å². The molecule has 7 heteroatoms. The number of nitrogens with one attached hydrogen (secondary N) is 3. The van der Waals surface area contributed by atoms with Crippen LogP contribution in [0.1, 0.15) is 13.8 Å². The molecule has 0 aliphatic rings. The fraction of sp³-hybridized carbons (Fsp3) is 0.176. The summed E-state index contributed by atoms with van der Waals surface area (Å²) in [6.07, 6.45) is 0. The zero-order chi connectivity index (χ0) is 17.7. The van der Waals surface area contributed by atoms with Crippen molar-refractivity contribution >= 4 is 52.1 Å². The Morgan fingerprint density at radius 2 is 1.58 bits per heavy atom. The number of rotatable bonds is 5. The molecule has 2 aromatic rings. The van der Waals surface area contributed by atoms with Crippen LogP contribution in [0.4, 0.5) is 17.1 Å². The molecule has 0 spiro atoms. The van der Waals surface area contributed by atoms with Crippen molar-refractivity contribution < 1.29 is 9.59 Å². The summed E-state index contributed by atoms with van der Waals surface area (Å²) in [7, 11) is 0. The summed E-state index contributed by atoms with van der Waals surface area (Å²) in [5.74, 6) is -0.382. The van der Waals surface area contributed by atoms with E-state index in [1.807, 2.05) is 0 Å². The number of halogens is 2. The molecule has 2 rings (SSSR count). The normalized spacial score (nSPS) is 11.5. The highest BCUT2D eigenvalue weighted by Crippen LogP contribution is 2.25.